The van der Waals surface area contributed by atoms with Gasteiger partial charge in [0.2, 0.25) is 0 Å². The predicted molar refractivity (Wildman–Crippen MR) is 75.7 cm³/mol. The largest absolute Gasteiger partial charge is 0.508 e. The number of piperidine rings is 1. The molecule has 2 nitrogen and oxygen atoms in total. The molecule has 3 unspecified atom stereocenters. The van der Waals surface area contributed by atoms with E-state index >= 15 is 0 Å². The van der Waals surface area contributed by atoms with Crippen molar-refractivity contribution in [2.75, 3.05) is 6.54 Å². The molecule has 1 aliphatic heterocycles. The molecule has 100 valence electrons. The molecule has 2 rings (SSSR count). The second-order valence-corrected chi connectivity index (χ2v) is 5.73. The summed E-state index contributed by atoms with van der Waals surface area (Å²) in [6, 6.07) is 8.88. The van der Waals surface area contributed by atoms with Crippen LogP contribution in [0.25, 0.3) is 0 Å². The van der Waals surface area contributed by atoms with Gasteiger partial charge in [0.25, 0.3) is 0 Å². The van der Waals surface area contributed by atoms with Gasteiger partial charge in [-0.15, -0.1) is 0 Å². The molecule has 0 saturated carbocycles. The van der Waals surface area contributed by atoms with Crippen molar-refractivity contribution in [2.24, 2.45) is 5.92 Å². The highest BCUT2D eigenvalue weighted by Gasteiger charge is 2.28. The first kappa shape index (κ1) is 13.4. The minimum absolute atomic E-state index is 0.355. The molecule has 1 aromatic rings. The van der Waals surface area contributed by atoms with Crippen LogP contribution < -0.4 is 0 Å². The average molecular weight is 247 g/mol. The van der Waals surface area contributed by atoms with E-state index in [9.17, 15) is 5.11 Å². The molecule has 3 atom stereocenters. The lowest BCUT2D eigenvalue weighted by Crippen LogP contribution is -2.42. The number of benzene rings is 1. The monoisotopic (exact) mass is 247 g/mol. The molecule has 1 fully saturated rings. The molecular weight excluding hydrogens is 222 g/mol. The van der Waals surface area contributed by atoms with Gasteiger partial charge in [-0.25, -0.2) is 0 Å². The number of phenolic OH excluding ortho intramolecular Hbond substituents is 1. The fraction of sp³-hybridized carbons (Fsp3) is 0.625. The van der Waals surface area contributed by atoms with Gasteiger partial charge in [-0.2, -0.15) is 0 Å². The number of aromatic hydroxyl groups is 1. The summed E-state index contributed by atoms with van der Waals surface area (Å²) in [5.41, 5.74) is 1.33. The highest BCUT2D eigenvalue weighted by Crippen LogP contribution is 2.33. The summed E-state index contributed by atoms with van der Waals surface area (Å²) in [4.78, 5) is 2.63. The van der Waals surface area contributed by atoms with Crippen LogP contribution in [0.15, 0.2) is 24.3 Å². The maximum atomic E-state index is 9.39. The van der Waals surface area contributed by atoms with E-state index in [-0.39, 0.29) is 0 Å². The zero-order valence-electron chi connectivity index (χ0n) is 11.8. The Bertz CT molecular complexity index is 373. The third-order valence-corrected chi connectivity index (χ3v) is 4.25. The molecule has 1 aliphatic rings. The van der Waals surface area contributed by atoms with E-state index in [0.717, 1.165) is 12.3 Å². The van der Waals surface area contributed by atoms with Crippen molar-refractivity contribution in [1.29, 1.82) is 0 Å². The third-order valence-electron chi connectivity index (χ3n) is 4.25. The number of phenols is 1. The van der Waals surface area contributed by atoms with Gasteiger partial charge >= 0.3 is 0 Å². The number of hydrogen-bond acceptors (Lipinski definition) is 2. The molecule has 1 N–H and O–H groups in total. The fourth-order valence-corrected chi connectivity index (χ4v) is 3.25. The summed E-state index contributed by atoms with van der Waals surface area (Å²) >= 11 is 0. The summed E-state index contributed by atoms with van der Waals surface area (Å²) in [5, 5.41) is 9.39. The Kier molecular flexibility index (Phi) is 4.28. The molecule has 0 spiro atoms. The van der Waals surface area contributed by atoms with Gasteiger partial charge in [-0.05, 0) is 56.3 Å². The first-order chi connectivity index (χ1) is 8.61. The van der Waals surface area contributed by atoms with Gasteiger partial charge in [-0.3, -0.25) is 4.90 Å². The van der Waals surface area contributed by atoms with Crippen LogP contribution in [0.4, 0.5) is 0 Å². The van der Waals surface area contributed by atoms with Gasteiger partial charge in [-0.1, -0.05) is 26.0 Å². The van der Waals surface area contributed by atoms with Gasteiger partial charge < -0.3 is 5.11 Å². The van der Waals surface area contributed by atoms with Gasteiger partial charge in [0, 0.05) is 12.1 Å². The molecule has 1 heterocycles. The standard InChI is InChI=1S/C16H25NO/c1-4-16(14-5-7-15(18)8-6-14)17-10-9-12(2)11-13(17)3/h5-8,12-13,16,18H,4,9-11H2,1-3H3. The van der Waals surface area contributed by atoms with Crippen LogP contribution >= 0.6 is 0 Å². The Labute approximate surface area is 111 Å². The lowest BCUT2D eigenvalue weighted by molar-refractivity contribution is 0.0790. The highest BCUT2D eigenvalue weighted by atomic mass is 16.3. The molecule has 1 aromatic carbocycles. The Morgan fingerprint density at radius 2 is 1.94 bits per heavy atom. The summed E-state index contributed by atoms with van der Waals surface area (Å²) in [6.07, 6.45) is 3.73. The zero-order valence-corrected chi connectivity index (χ0v) is 11.8. The second-order valence-electron chi connectivity index (χ2n) is 5.73. The summed E-state index contributed by atoms with van der Waals surface area (Å²) in [7, 11) is 0. The summed E-state index contributed by atoms with van der Waals surface area (Å²) in [6.45, 7) is 8.15. The van der Waals surface area contributed by atoms with Crippen molar-refractivity contribution in [3.8, 4) is 5.75 Å². The van der Waals surface area contributed by atoms with Crippen LogP contribution in [0, 0.1) is 5.92 Å². The lowest BCUT2D eigenvalue weighted by Gasteiger charge is -2.41. The molecule has 0 amide bonds. The van der Waals surface area contributed by atoms with Crippen LogP contribution in [-0.2, 0) is 0 Å². The van der Waals surface area contributed by atoms with E-state index in [1.165, 1.54) is 24.9 Å². The number of hydrogen-bond donors (Lipinski definition) is 1. The zero-order chi connectivity index (χ0) is 13.1. The predicted octanol–water partition coefficient (Wildman–Crippen LogP) is 3.96. The fourth-order valence-electron chi connectivity index (χ4n) is 3.25. The van der Waals surface area contributed by atoms with E-state index in [4.69, 9.17) is 0 Å². The van der Waals surface area contributed by atoms with Crippen molar-refractivity contribution in [3.05, 3.63) is 29.8 Å². The first-order valence-corrected chi connectivity index (χ1v) is 7.16. The van der Waals surface area contributed by atoms with Crippen molar-refractivity contribution in [3.63, 3.8) is 0 Å². The van der Waals surface area contributed by atoms with Crippen LogP contribution in [0.2, 0.25) is 0 Å². The lowest BCUT2D eigenvalue weighted by atomic mass is 9.90. The van der Waals surface area contributed by atoms with Gasteiger partial charge in [0.1, 0.15) is 5.75 Å². The molecule has 18 heavy (non-hydrogen) atoms. The van der Waals surface area contributed by atoms with Crippen LogP contribution in [0.3, 0.4) is 0 Å². The van der Waals surface area contributed by atoms with E-state index < -0.39 is 0 Å². The molecule has 1 saturated heterocycles. The topological polar surface area (TPSA) is 23.5 Å². The Morgan fingerprint density at radius 3 is 2.50 bits per heavy atom. The minimum atomic E-state index is 0.355. The Balaban J connectivity index is 2.15. The van der Waals surface area contributed by atoms with E-state index in [0.29, 0.717) is 17.8 Å². The van der Waals surface area contributed by atoms with Gasteiger partial charge in [0.15, 0.2) is 0 Å². The maximum Gasteiger partial charge on any atom is 0.115 e. The normalized spacial score (nSPS) is 27.1. The van der Waals surface area contributed by atoms with E-state index in [1.807, 2.05) is 0 Å². The highest BCUT2D eigenvalue weighted by molar-refractivity contribution is 5.28. The summed E-state index contributed by atoms with van der Waals surface area (Å²) in [5.74, 6) is 1.21. The second kappa shape index (κ2) is 5.75. The maximum absolute atomic E-state index is 9.39. The van der Waals surface area contributed by atoms with Crippen molar-refractivity contribution in [1.82, 2.24) is 4.90 Å². The van der Waals surface area contributed by atoms with Crippen molar-refractivity contribution < 1.29 is 5.11 Å². The third kappa shape index (κ3) is 2.86. The number of likely N-dealkylation sites (tertiary alicyclic amines) is 1. The number of nitrogens with zero attached hydrogens (tertiary/aromatic N) is 1. The van der Waals surface area contributed by atoms with Gasteiger partial charge in [0.05, 0.1) is 0 Å². The van der Waals surface area contributed by atoms with Crippen LogP contribution in [-0.4, -0.2) is 22.6 Å². The molecule has 0 aromatic heterocycles. The molecular formula is C16H25NO. The number of rotatable bonds is 3. The molecule has 0 aliphatic carbocycles. The molecule has 2 heteroatoms. The first-order valence-electron chi connectivity index (χ1n) is 7.16. The smallest absolute Gasteiger partial charge is 0.115 e. The average Bonchev–Trinajstić information content (AvgIpc) is 2.35. The van der Waals surface area contributed by atoms with Crippen molar-refractivity contribution >= 4 is 0 Å². The Morgan fingerprint density at radius 1 is 1.28 bits per heavy atom. The Hall–Kier alpha value is -1.02. The quantitative estimate of drug-likeness (QED) is 0.873. The van der Waals surface area contributed by atoms with Crippen LogP contribution in [0.5, 0.6) is 5.75 Å². The molecule has 0 bridgehead atoms. The van der Waals surface area contributed by atoms with E-state index in [1.54, 1.807) is 12.1 Å². The van der Waals surface area contributed by atoms with Crippen molar-refractivity contribution in [2.45, 2.75) is 52.1 Å². The summed E-state index contributed by atoms with van der Waals surface area (Å²) < 4.78 is 0. The SMILES string of the molecule is CCC(c1ccc(O)cc1)N1CCC(C)CC1C. The minimum Gasteiger partial charge on any atom is -0.508 e. The molecule has 0 radical (unpaired) electrons. The van der Waals surface area contributed by atoms with Crippen LogP contribution in [0.1, 0.15) is 51.6 Å². The van der Waals surface area contributed by atoms with E-state index in [2.05, 4.69) is 37.8 Å².